The van der Waals surface area contributed by atoms with Crippen molar-refractivity contribution in [2.24, 2.45) is 0 Å². The molecule has 2 heterocycles. The summed E-state index contributed by atoms with van der Waals surface area (Å²) in [5.74, 6) is 1.19. The molecule has 8 nitrogen and oxygen atoms in total. The largest absolute Gasteiger partial charge is 0.490 e. The van der Waals surface area contributed by atoms with Crippen LogP contribution >= 0.6 is 0 Å². The van der Waals surface area contributed by atoms with Crippen LogP contribution in [0.15, 0.2) is 47.4 Å². The Morgan fingerprint density at radius 2 is 1.76 bits per heavy atom. The van der Waals surface area contributed by atoms with Crippen LogP contribution in [-0.2, 0) is 14.8 Å². The first-order valence-electron chi connectivity index (χ1n) is 11.1. The molecule has 176 valence electrons. The average molecular weight is 473 g/mol. The topological polar surface area (TPSA) is 102 Å². The number of nitrogens with zero attached hydrogens (tertiary/aromatic N) is 1. The van der Waals surface area contributed by atoms with Crippen LogP contribution < -0.4 is 14.2 Å². The van der Waals surface area contributed by atoms with Gasteiger partial charge in [-0.1, -0.05) is 18.2 Å². The molecule has 0 radical (unpaired) electrons. The minimum Gasteiger partial charge on any atom is -0.490 e. The normalized spacial score (nSPS) is 18.1. The summed E-state index contributed by atoms with van der Waals surface area (Å²) in [6.07, 6.45) is 2.62. The molecule has 0 aliphatic carbocycles. The lowest BCUT2D eigenvalue weighted by Gasteiger charge is -2.26. The number of rotatable bonds is 7. The van der Waals surface area contributed by atoms with Crippen molar-refractivity contribution in [3.8, 4) is 11.5 Å². The van der Waals surface area contributed by atoms with Crippen molar-refractivity contribution in [1.82, 2.24) is 9.62 Å². The van der Waals surface area contributed by atoms with Crippen LogP contribution in [0.2, 0.25) is 0 Å². The van der Waals surface area contributed by atoms with Gasteiger partial charge in [-0.3, -0.25) is 9.59 Å². The molecule has 2 aromatic rings. The number of Topliss-reactive ketones (excluding diaryl/α,β-unsaturated/α-hetero) is 1. The Bertz CT molecular complexity index is 1130. The summed E-state index contributed by atoms with van der Waals surface area (Å²) in [5.41, 5.74) is 1.44. The van der Waals surface area contributed by atoms with Gasteiger partial charge in [-0.25, -0.2) is 13.1 Å². The Morgan fingerprint density at radius 1 is 1.03 bits per heavy atom. The number of nitrogens with one attached hydrogen (secondary N) is 1. The predicted molar refractivity (Wildman–Crippen MR) is 122 cm³/mol. The van der Waals surface area contributed by atoms with E-state index in [1.807, 2.05) is 23.1 Å². The van der Waals surface area contributed by atoms with Gasteiger partial charge in [-0.05, 0) is 49.6 Å². The van der Waals surface area contributed by atoms with Gasteiger partial charge in [0.1, 0.15) is 0 Å². The minimum absolute atomic E-state index is 0.0000145. The maximum atomic E-state index is 12.9. The Balaban J connectivity index is 1.37. The zero-order valence-electron chi connectivity index (χ0n) is 18.6. The highest BCUT2D eigenvalue weighted by molar-refractivity contribution is 7.89. The van der Waals surface area contributed by atoms with Crippen LogP contribution in [0, 0.1) is 0 Å². The van der Waals surface area contributed by atoms with Gasteiger partial charge in [0.2, 0.25) is 15.9 Å². The quantitative estimate of drug-likeness (QED) is 0.622. The maximum Gasteiger partial charge on any atom is 0.240 e. The number of likely N-dealkylation sites (tertiary alicyclic amines) is 1. The number of fused-ring (bicyclic) bond motifs is 1. The number of sulfonamides is 1. The number of hydrogen-bond donors (Lipinski definition) is 1. The molecule has 1 N–H and O–H groups in total. The van der Waals surface area contributed by atoms with Crippen LogP contribution in [0.1, 0.15) is 54.6 Å². The summed E-state index contributed by atoms with van der Waals surface area (Å²) in [6, 6.07) is 11.5. The highest BCUT2D eigenvalue weighted by Crippen LogP contribution is 2.38. The van der Waals surface area contributed by atoms with Crippen molar-refractivity contribution in [2.75, 3.05) is 26.3 Å². The second-order valence-electron chi connectivity index (χ2n) is 8.23. The molecule has 2 aliphatic rings. The molecule has 1 fully saturated rings. The lowest BCUT2D eigenvalue weighted by Crippen LogP contribution is -2.34. The molecule has 1 atom stereocenters. The fourth-order valence-corrected chi connectivity index (χ4v) is 5.22. The number of hydrogen-bond acceptors (Lipinski definition) is 6. The molecule has 2 aromatic carbocycles. The van der Waals surface area contributed by atoms with E-state index in [2.05, 4.69) is 4.72 Å². The number of benzene rings is 2. The van der Waals surface area contributed by atoms with Gasteiger partial charge in [0, 0.05) is 31.5 Å². The molecular formula is C24H28N2O6S. The Hall–Kier alpha value is -2.91. The van der Waals surface area contributed by atoms with Gasteiger partial charge in [-0.2, -0.15) is 0 Å². The highest BCUT2D eigenvalue weighted by atomic mass is 32.2. The number of ether oxygens (including phenoxy) is 2. The molecule has 0 spiro atoms. The summed E-state index contributed by atoms with van der Waals surface area (Å²) in [7, 11) is -3.76. The molecule has 0 saturated carbocycles. The van der Waals surface area contributed by atoms with E-state index in [-0.39, 0.29) is 35.6 Å². The van der Waals surface area contributed by atoms with Crippen LogP contribution in [-0.4, -0.2) is 51.3 Å². The van der Waals surface area contributed by atoms with Gasteiger partial charge in [0.25, 0.3) is 0 Å². The second-order valence-corrected chi connectivity index (χ2v) is 10.00. The Labute approximate surface area is 193 Å². The summed E-state index contributed by atoms with van der Waals surface area (Å²) < 4.78 is 39.0. The smallest absolute Gasteiger partial charge is 0.240 e. The summed E-state index contributed by atoms with van der Waals surface area (Å²) in [6.45, 7) is 3.28. The molecule has 1 unspecified atom stereocenters. The molecule has 0 aromatic heterocycles. The predicted octanol–water partition coefficient (Wildman–Crippen LogP) is 3.08. The monoisotopic (exact) mass is 472 g/mol. The molecule has 9 heteroatoms. The van der Waals surface area contributed by atoms with Crippen LogP contribution in [0.5, 0.6) is 11.5 Å². The Morgan fingerprint density at radius 3 is 2.48 bits per heavy atom. The summed E-state index contributed by atoms with van der Waals surface area (Å²) in [5, 5.41) is 0. The summed E-state index contributed by atoms with van der Waals surface area (Å²) >= 11 is 0. The molecule has 0 bridgehead atoms. The summed E-state index contributed by atoms with van der Waals surface area (Å²) in [4.78, 5) is 26.2. The molecule has 4 rings (SSSR count). The van der Waals surface area contributed by atoms with Crippen molar-refractivity contribution in [2.45, 2.75) is 43.5 Å². The van der Waals surface area contributed by atoms with E-state index >= 15 is 0 Å². The van der Waals surface area contributed by atoms with Gasteiger partial charge in [0.15, 0.2) is 17.3 Å². The number of carbonyl (C=O) groups excluding carboxylic acids is 2. The van der Waals surface area contributed by atoms with Crippen molar-refractivity contribution in [3.05, 3.63) is 53.6 Å². The zero-order valence-corrected chi connectivity index (χ0v) is 19.4. The number of ketones is 1. The Kier molecular flexibility index (Phi) is 6.99. The average Bonchev–Trinajstić information content (AvgIpc) is 3.18. The number of amides is 1. The first-order chi connectivity index (χ1) is 15.8. The lowest BCUT2D eigenvalue weighted by molar-refractivity contribution is -0.131. The number of carbonyl (C=O) groups is 2. The van der Waals surface area contributed by atoms with Crippen molar-refractivity contribution >= 4 is 21.7 Å². The van der Waals surface area contributed by atoms with Gasteiger partial charge in [-0.15, -0.1) is 0 Å². The minimum atomic E-state index is -3.76. The van der Waals surface area contributed by atoms with E-state index in [0.29, 0.717) is 31.1 Å². The van der Waals surface area contributed by atoms with Gasteiger partial charge >= 0.3 is 0 Å². The fraction of sp³-hybridized carbons (Fsp3) is 0.417. The highest BCUT2D eigenvalue weighted by Gasteiger charge is 2.30. The fourth-order valence-electron chi connectivity index (χ4n) is 4.19. The zero-order chi connectivity index (χ0) is 23.4. The molecule has 1 saturated heterocycles. The van der Waals surface area contributed by atoms with Crippen molar-refractivity contribution in [3.63, 3.8) is 0 Å². The molecule has 2 aliphatic heterocycles. The van der Waals surface area contributed by atoms with E-state index in [1.54, 1.807) is 0 Å². The maximum absolute atomic E-state index is 12.9. The molecular weight excluding hydrogens is 444 g/mol. The third-order valence-electron chi connectivity index (χ3n) is 5.93. The van der Waals surface area contributed by atoms with Crippen molar-refractivity contribution in [1.29, 1.82) is 0 Å². The van der Waals surface area contributed by atoms with E-state index in [0.717, 1.165) is 30.6 Å². The SMILES string of the molecule is CC(=O)c1ccc(S(=O)(=O)NCCC(=O)N2CCCC2c2ccc3c(c2)OCCCO3)cc1. The third kappa shape index (κ3) is 5.36. The molecule has 1 amide bonds. The van der Waals surface area contributed by atoms with Crippen LogP contribution in [0.3, 0.4) is 0 Å². The van der Waals surface area contributed by atoms with E-state index in [4.69, 9.17) is 9.47 Å². The van der Waals surface area contributed by atoms with E-state index in [1.165, 1.54) is 31.2 Å². The van der Waals surface area contributed by atoms with Crippen LogP contribution in [0.4, 0.5) is 0 Å². The first kappa shape index (κ1) is 23.3. The van der Waals surface area contributed by atoms with Crippen molar-refractivity contribution < 1.29 is 27.5 Å². The molecule has 33 heavy (non-hydrogen) atoms. The first-order valence-corrected chi connectivity index (χ1v) is 12.6. The second kappa shape index (κ2) is 9.93. The van der Waals surface area contributed by atoms with E-state index < -0.39 is 10.0 Å². The van der Waals surface area contributed by atoms with E-state index in [9.17, 15) is 18.0 Å². The van der Waals surface area contributed by atoms with Crippen LogP contribution in [0.25, 0.3) is 0 Å². The van der Waals surface area contributed by atoms with Gasteiger partial charge in [0.05, 0.1) is 24.2 Å². The third-order valence-corrected chi connectivity index (χ3v) is 7.41. The lowest BCUT2D eigenvalue weighted by atomic mass is 10.0. The standard InChI is InChI=1S/C24H28N2O6S/c1-17(27)18-5-8-20(9-6-18)33(29,30)25-12-11-24(28)26-13-2-4-21(26)19-7-10-22-23(16-19)32-15-3-14-31-22/h5-10,16,21,25H,2-4,11-15H2,1H3. The van der Waals surface area contributed by atoms with Gasteiger partial charge < -0.3 is 14.4 Å².